The van der Waals surface area contributed by atoms with Crippen LogP contribution in [0.1, 0.15) is 11.3 Å². The Morgan fingerprint density at radius 1 is 1.00 bits per heavy atom. The highest BCUT2D eigenvalue weighted by molar-refractivity contribution is 7.98. The van der Waals surface area contributed by atoms with E-state index in [-0.39, 0.29) is 0 Å². The number of hydrogen-bond donors (Lipinski definition) is 1. The fourth-order valence-corrected chi connectivity index (χ4v) is 4.14. The molecule has 114 valence electrons. The minimum absolute atomic E-state index is 0.295. The Kier molecular flexibility index (Phi) is 2.88. The van der Waals surface area contributed by atoms with E-state index >= 15 is 0 Å². The van der Waals surface area contributed by atoms with Crippen molar-refractivity contribution in [3.8, 4) is 11.5 Å². The van der Waals surface area contributed by atoms with Crippen molar-refractivity contribution in [3.05, 3.63) is 53.7 Å². The second kappa shape index (κ2) is 5.06. The molecule has 5 heteroatoms. The minimum atomic E-state index is 0.295. The van der Waals surface area contributed by atoms with Crippen molar-refractivity contribution < 1.29 is 9.47 Å². The second-order valence-corrected chi connectivity index (χ2v) is 6.60. The molecule has 0 bridgehead atoms. The van der Waals surface area contributed by atoms with Crippen LogP contribution in [0.4, 0.5) is 11.4 Å². The van der Waals surface area contributed by atoms with E-state index in [9.17, 15) is 0 Å². The standard InChI is InChI=1S/C18H14N2O2S/c1-2-4-14-12(3-1)18(13-8-23-9-15(13)20-14)19-11-5-6-16-17(7-11)22-10-21-16/h1-7H,8-10H2,(H,19,20). The highest BCUT2D eigenvalue weighted by Crippen LogP contribution is 2.41. The van der Waals surface area contributed by atoms with E-state index in [1.165, 1.54) is 11.3 Å². The summed E-state index contributed by atoms with van der Waals surface area (Å²) in [5, 5.41) is 4.75. The van der Waals surface area contributed by atoms with Crippen LogP contribution in [0, 0.1) is 0 Å². The number of nitrogens with one attached hydrogen (secondary N) is 1. The third-order valence-electron chi connectivity index (χ3n) is 4.21. The van der Waals surface area contributed by atoms with Gasteiger partial charge in [0.1, 0.15) is 0 Å². The van der Waals surface area contributed by atoms with E-state index in [0.717, 1.165) is 45.3 Å². The van der Waals surface area contributed by atoms with Crippen LogP contribution in [0.25, 0.3) is 10.9 Å². The molecule has 1 N–H and O–H groups in total. The quantitative estimate of drug-likeness (QED) is 0.755. The van der Waals surface area contributed by atoms with Gasteiger partial charge in [0, 0.05) is 34.2 Å². The predicted octanol–water partition coefficient (Wildman–Crippen LogP) is 4.45. The number of nitrogens with zero attached hydrogens (tertiary/aromatic N) is 1. The molecule has 0 spiro atoms. The molecule has 2 aromatic carbocycles. The molecule has 2 aliphatic heterocycles. The Balaban J connectivity index is 1.65. The third-order valence-corrected chi connectivity index (χ3v) is 5.18. The molecule has 0 radical (unpaired) electrons. The number of ether oxygens (including phenoxy) is 2. The number of anilines is 2. The Hall–Kier alpha value is -2.40. The SMILES string of the molecule is c1ccc2c(Nc3ccc4c(c3)OCO4)c3c(nc2c1)CSC3. The number of benzene rings is 2. The van der Waals surface area contributed by atoms with Crippen molar-refractivity contribution in [1.82, 2.24) is 4.98 Å². The van der Waals surface area contributed by atoms with Gasteiger partial charge in [0.2, 0.25) is 6.79 Å². The van der Waals surface area contributed by atoms with Crippen molar-refractivity contribution in [2.75, 3.05) is 12.1 Å². The Morgan fingerprint density at radius 2 is 1.91 bits per heavy atom. The van der Waals surface area contributed by atoms with Crippen molar-refractivity contribution in [2.24, 2.45) is 0 Å². The van der Waals surface area contributed by atoms with Crippen LogP contribution in [0.5, 0.6) is 11.5 Å². The van der Waals surface area contributed by atoms with Crippen LogP contribution < -0.4 is 14.8 Å². The molecular formula is C18H14N2O2S. The van der Waals surface area contributed by atoms with E-state index in [1.807, 2.05) is 36.0 Å². The first kappa shape index (κ1) is 13.1. The summed E-state index contributed by atoms with van der Waals surface area (Å²) in [4.78, 5) is 4.81. The first-order chi connectivity index (χ1) is 11.4. The van der Waals surface area contributed by atoms with Gasteiger partial charge in [-0.3, -0.25) is 4.98 Å². The van der Waals surface area contributed by atoms with Gasteiger partial charge >= 0.3 is 0 Å². The first-order valence-electron chi connectivity index (χ1n) is 7.53. The molecule has 3 heterocycles. The fraction of sp³-hybridized carbons (Fsp3) is 0.167. The van der Waals surface area contributed by atoms with Crippen molar-refractivity contribution >= 4 is 34.0 Å². The summed E-state index contributed by atoms with van der Waals surface area (Å²) in [6.07, 6.45) is 0. The summed E-state index contributed by atoms with van der Waals surface area (Å²) in [7, 11) is 0. The molecule has 0 unspecified atom stereocenters. The maximum absolute atomic E-state index is 5.48. The van der Waals surface area contributed by atoms with Gasteiger partial charge < -0.3 is 14.8 Å². The van der Waals surface area contributed by atoms with E-state index in [4.69, 9.17) is 14.5 Å². The fourth-order valence-electron chi connectivity index (χ4n) is 3.09. The molecular weight excluding hydrogens is 308 g/mol. The van der Waals surface area contributed by atoms with Gasteiger partial charge in [0.25, 0.3) is 0 Å². The van der Waals surface area contributed by atoms with Gasteiger partial charge in [-0.1, -0.05) is 18.2 Å². The topological polar surface area (TPSA) is 43.4 Å². The summed E-state index contributed by atoms with van der Waals surface area (Å²) in [5.74, 6) is 3.58. The number of fused-ring (bicyclic) bond motifs is 3. The van der Waals surface area contributed by atoms with Crippen LogP contribution in [0.3, 0.4) is 0 Å². The molecule has 4 nitrogen and oxygen atoms in total. The van der Waals surface area contributed by atoms with Gasteiger partial charge in [-0.25, -0.2) is 0 Å². The van der Waals surface area contributed by atoms with Crippen LogP contribution in [0.2, 0.25) is 0 Å². The van der Waals surface area contributed by atoms with Gasteiger partial charge in [-0.05, 0) is 18.2 Å². The third kappa shape index (κ3) is 2.11. The van der Waals surface area contributed by atoms with Gasteiger partial charge in [0.05, 0.1) is 16.9 Å². The molecule has 2 aliphatic rings. The average Bonchev–Trinajstić information content (AvgIpc) is 3.22. The molecule has 0 amide bonds. The molecule has 0 saturated carbocycles. The van der Waals surface area contributed by atoms with E-state index < -0.39 is 0 Å². The first-order valence-corrected chi connectivity index (χ1v) is 8.69. The van der Waals surface area contributed by atoms with Gasteiger partial charge in [0.15, 0.2) is 11.5 Å². The molecule has 5 rings (SSSR count). The Labute approximate surface area is 137 Å². The second-order valence-electron chi connectivity index (χ2n) is 5.62. The van der Waals surface area contributed by atoms with Crippen molar-refractivity contribution in [2.45, 2.75) is 11.5 Å². The number of aromatic nitrogens is 1. The molecule has 3 aromatic rings. The summed E-state index contributed by atoms with van der Waals surface area (Å²) in [5.41, 5.74) is 5.71. The van der Waals surface area contributed by atoms with Crippen LogP contribution in [0.15, 0.2) is 42.5 Å². The molecule has 23 heavy (non-hydrogen) atoms. The molecule has 0 saturated heterocycles. The normalized spacial score (nSPS) is 15.0. The van der Waals surface area contributed by atoms with Gasteiger partial charge in [-0.2, -0.15) is 11.8 Å². The maximum Gasteiger partial charge on any atom is 0.231 e. The number of hydrogen-bond acceptors (Lipinski definition) is 5. The Morgan fingerprint density at radius 3 is 2.91 bits per heavy atom. The summed E-state index contributed by atoms with van der Waals surface area (Å²) < 4.78 is 10.9. The lowest BCUT2D eigenvalue weighted by molar-refractivity contribution is 0.174. The minimum Gasteiger partial charge on any atom is -0.454 e. The van der Waals surface area contributed by atoms with Gasteiger partial charge in [-0.15, -0.1) is 0 Å². The molecule has 1 aromatic heterocycles. The van der Waals surface area contributed by atoms with Crippen LogP contribution in [-0.2, 0) is 11.5 Å². The zero-order chi connectivity index (χ0) is 15.2. The van der Waals surface area contributed by atoms with E-state index in [1.54, 1.807) is 0 Å². The lowest BCUT2D eigenvalue weighted by Crippen LogP contribution is -1.99. The number of rotatable bonds is 2. The highest BCUT2D eigenvalue weighted by atomic mass is 32.2. The summed E-state index contributed by atoms with van der Waals surface area (Å²) >= 11 is 1.91. The lowest BCUT2D eigenvalue weighted by Gasteiger charge is -2.14. The van der Waals surface area contributed by atoms with Crippen molar-refractivity contribution in [3.63, 3.8) is 0 Å². The molecule has 0 aliphatic carbocycles. The van der Waals surface area contributed by atoms with Crippen molar-refractivity contribution in [1.29, 1.82) is 0 Å². The van der Waals surface area contributed by atoms with Crippen LogP contribution in [-0.4, -0.2) is 11.8 Å². The molecule has 0 fully saturated rings. The van der Waals surface area contributed by atoms with Crippen LogP contribution >= 0.6 is 11.8 Å². The highest BCUT2D eigenvalue weighted by Gasteiger charge is 2.21. The monoisotopic (exact) mass is 322 g/mol. The molecule has 0 atom stereocenters. The Bertz CT molecular complexity index is 926. The number of pyridine rings is 1. The lowest BCUT2D eigenvalue weighted by atomic mass is 10.1. The van der Waals surface area contributed by atoms with E-state index in [0.29, 0.717) is 6.79 Å². The zero-order valence-corrected chi connectivity index (χ0v) is 13.2. The van der Waals surface area contributed by atoms with E-state index in [2.05, 4.69) is 23.5 Å². The average molecular weight is 322 g/mol. The predicted molar refractivity (Wildman–Crippen MR) is 92.6 cm³/mol. The smallest absolute Gasteiger partial charge is 0.231 e. The number of para-hydroxylation sites is 1. The summed E-state index contributed by atoms with van der Waals surface area (Å²) in [6.45, 7) is 0.295. The number of thioether (sulfide) groups is 1. The largest absolute Gasteiger partial charge is 0.454 e. The maximum atomic E-state index is 5.48. The summed E-state index contributed by atoms with van der Waals surface area (Å²) in [6, 6.07) is 14.3. The zero-order valence-electron chi connectivity index (χ0n) is 12.3.